The summed E-state index contributed by atoms with van der Waals surface area (Å²) in [6.07, 6.45) is 0.568. The average Bonchev–Trinajstić information content (AvgIpc) is 3.33. The lowest BCUT2D eigenvalue weighted by Gasteiger charge is -2.28. The highest BCUT2D eigenvalue weighted by Gasteiger charge is 2.42. The van der Waals surface area contributed by atoms with Gasteiger partial charge in [-0.1, -0.05) is 29.4 Å². The number of carboxylic acid groups (broad SMARTS) is 1. The first-order valence-electron chi connectivity index (χ1n) is 13.6. The lowest BCUT2D eigenvalue weighted by molar-refractivity contribution is -0.137. The van der Waals surface area contributed by atoms with Crippen LogP contribution >= 0.6 is 0 Å². The van der Waals surface area contributed by atoms with Crippen LogP contribution in [0.1, 0.15) is 67.4 Å². The number of nitrogens with zero attached hydrogens (tertiary/aromatic N) is 4. The smallest absolute Gasteiger partial charge is 0.303 e. The van der Waals surface area contributed by atoms with Crippen LogP contribution in [0.2, 0.25) is 0 Å². The number of carboxylic acids is 1. The van der Waals surface area contributed by atoms with Gasteiger partial charge in [-0.25, -0.2) is 9.38 Å². The number of amides is 1. The first-order chi connectivity index (χ1) is 20.2. The van der Waals surface area contributed by atoms with Gasteiger partial charge in [0, 0.05) is 24.8 Å². The molecule has 214 valence electrons. The molecule has 2 N–H and O–H groups in total. The van der Waals surface area contributed by atoms with Gasteiger partial charge in [-0.05, 0) is 73.4 Å². The molecule has 0 saturated heterocycles. The first kappa shape index (κ1) is 28.6. The van der Waals surface area contributed by atoms with Crippen molar-refractivity contribution in [2.75, 3.05) is 4.90 Å². The number of aliphatic imine (C=N–C) groups is 1. The molecule has 5 rings (SSSR count). The standard InChI is InChI=1S/C32H29FN4O5/c1-32(31(41)23-6-4-5-20(15-23)19-34)18-27(36-42-32)21-9-10-22-17-29(38)37(25-13-11-24(33)12-14-25)28(35-26(22)16-21)7-2-3-8-30(39)40/h4-6,9-16,31,41H,2-3,7-8,17-18H2,1H3,(H,39,40). The van der Waals surface area contributed by atoms with Crippen LogP contribution in [0.3, 0.4) is 0 Å². The number of unbranched alkanes of at least 4 members (excludes halogenated alkanes) is 1. The monoisotopic (exact) mass is 568 g/mol. The SMILES string of the molecule is CC1(C(O)c2cccc(C#N)c2)CC(c2ccc3c(c2)N=C(CCCCC(=O)O)N(c2ccc(F)cc2)C(=O)C3)=NO1. The Hall–Kier alpha value is -4.88. The minimum atomic E-state index is -1.07. The zero-order valence-corrected chi connectivity index (χ0v) is 23.0. The van der Waals surface area contributed by atoms with Crippen LogP contribution in [-0.2, 0) is 20.8 Å². The minimum absolute atomic E-state index is 0.00373. The van der Waals surface area contributed by atoms with Crippen LogP contribution in [0.5, 0.6) is 0 Å². The van der Waals surface area contributed by atoms with Crippen molar-refractivity contribution in [2.45, 2.75) is 57.2 Å². The van der Waals surface area contributed by atoms with Crippen LogP contribution in [-0.4, -0.2) is 39.2 Å². The van der Waals surface area contributed by atoms with Crippen molar-refractivity contribution in [3.63, 3.8) is 0 Å². The fraction of sp³-hybridized carbons (Fsp3) is 0.281. The maximum atomic E-state index is 13.7. The van der Waals surface area contributed by atoms with Crippen molar-refractivity contribution in [3.05, 3.63) is 94.8 Å². The first-order valence-corrected chi connectivity index (χ1v) is 13.6. The molecule has 3 aromatic rings. The Morgan fingerprint density at radius 3 is 2.69 bits per heavy atom. The number of amidine groups is 1. The second kappa shape index (κ2) is 11.9. The predicted octanol–water partition coefficient (Wildman–Crippen LogP) is 5.58. The lowest BCUT2D eigenvalue weighted by atomic mass is 9.86. The molecule has 2 aliphatic rings. The number of carbonyl (C=O) groups excluding carboxylic acids is 1. The quantitative estimate of drug-likeness (QED) is 0.324. The largest absolute Gasteiger partial charge is 0.481 e. The van der Waals surface area contributed by atoms with Gasteiger partial charge in [-0.2, -0.15) is 5.26 Å². The number of benzene rings is 3. The van der Waals surface area contributed by atoms with Gasteiger partial charge in [0.1, 0.15) is 17.8 Å². The second-order valence-corrected chi connectivity index (χ2v) is 10.6. The number of aliphatic carboxylic acids is 1. The van der Waals surface area contributed by atoms with Crippen molar-refractivity contribution >= 4 is 34.8 Å². The number of halogens is 1. The molecule has 0 aromatic heterocycles. The topological polar surface area (TPSA) is 136 Å². The van der Waals surface area contributed by atoms with E-state index in [0.29, 0.717) is 64.4 Å². The van der Waals surface area contributed by atoms with Gasteiger partial charge < -0.3 is 15.1 Å². The molecule has 2 unspecified atom stereocenters. The van der Waals surface area contributed by atoms with Crippen molar-refractivity contribution < 1.29 is 29.0 Å². The molecule has 0 bridgehead atoms. The van der Waals surface area contributed by atoms with Crippen LogP contribution in [0, 0.1) is 17.1 Å². The third kappa shape index (κ3) is 6.06. The van der Waals surface area contributed by atoms with Crippen molar-refractivity contribution in [3.8, 4) is 6.07 Å². The van der Waals surface area contributed by atoms with E-state index in [1.807, 2.05) is 18.2 Å². The van der Waals surface area contributed by atoms with Gasteiger partial charge in [0.25, 0.3) is 0 Å². The number of aliphatic hydroxyl groups is 1. The predicted molar refractivity (Wildman–Crippen MR) is 154 cm³/mol. The number of aliphatic hydroxyl groups excluding tert-OH is 1. The van der Waals surface area contributed by atoms with E-state index < -0.39 is 23.5 Å². The fourth-order valence-corrected chi connectivity index (χ4v) is 5.17. The molecule has 42 heavy (non-hydrogen) atoms. The summed E-state index contributed by atoms with van der Waals surface area (Å²) in [5, 5.41) is 33.7. The van der Waals surface area contributed by atoms with Crippen LogP contribution < -0.4 is 4.90 Å². The number of anilines is 1. The highest BCUT2D eigenvalue weighted by molar-refractivity contribution is 6.19. The maximum Gasteiger partial charge on any atom is 0.303 e. The summed E-state index contributed by atoms with van der Waals surface area (Å²) < 4.78 is 13.7. The van der Waals surface area contributed by atoms with Crippen molar-refractivity contribution in [1.29, 1.82) is 5.26 Å². The van der Waals surface area contributed by atoms with E-state index in [4.69, 9.17) is 14.9 Å². The molecule has 0 saturated carbocycles. The molecule has 0 fully saturated rings. The van der Waals surface area contributed by atoms with Crippen LogP contribution in [0.4, 0.5) is 15.8 Å². The number of hydrogen-bond acceptors (Lipinski definition) is 7. The molecule has 0 aliphatic carbocycles. The summed E-state index contributed by atoms with van der Waals surface area (Å²) in [7, 11) is 0. The Morgan fingerprint density at radius 1 is 1.17 bits per heavy atom. The summed E-state index contributed by atoms with van der Waals surface area (Å²) in [5.74, 6) is -1.12. The van der Waals surface area contributed by atoms with E-state index in [1.165, 1.54) is 29.2 Å². The molecule has 3 aromatic carbocycles. The Bertz CT molecular complexity index is 1630. The van der Waals surface area contributed by atoms with E-state index >= 15 is 0 Å². The Morgan fingerprint density at radius 2 is 1.95 bits per heavy atom. The summed E-state index contributed by atoms with van der Waals surface area (Å²) in [6, 6.07) is 19.9. The van der Waals surface area contributed by atoms with Gasteiger partial charge in [0.15, 0.2) is 5.60 Å². The molecule has 1 amide bonds. The van der Waals surface area contributed by atoms with Gasteiger partial charge in [-0.15, -0.1) is 0 Å². The number of hydrogen-bond donors (Lipinski definition) is 2. The zero-order chi connectivity index (χ0) is 29.9. The molecular formula is C32H29FN4O5. The van der Waals surface area contributed by atoms with Crippen molar-refractivity contribution in [2.24, 2.45) is 10.1 Å². The Kier molecular flexibility index (Phi) is 8.13. The molecule has 2 atom stereocenters. The third-order valence-corrected chi connectivity index (χ3v) is 7.44. The number of carbonyl (C=O) groups is 2. The number of rotatable bonds is 9. The molecule has 0 spiro atoms. The Labute approximate surface area is 242 Å². The normalized spacial score (nSPS) is 18.7. The molecule has 2 aliphatic heterocycles. The maximum absolute atomic E-state index is 13.7. The molecular weight excluding hydrogens is 539 g/mol. The zero-order valence-electron chi connectivity index (χ0n) is 23.0. The molecule has 0 radical (unpaired) electrons. The molecule has 2 heterocycles. The van der Waals surface area contributed by atoms with Crippen molar-refractivity contribution in [1.82, 2.24) is 0 Å². The minimum Gasteiger partial charge on any atom is -0.481 e. The van der Waals surface area contributed by atoms with Gasteiger partial charge in [-0.3, -0.25) is 14.5 Å². The highest BCUT2D eigenvalue weighted by atomic mass is 19.1. The number of nitriles is 1. The number of fused-ring (bicyclic) bond motifs is 1. The second-order valence-electron chi connectivity index (χ2n) is 10.6. The van der Waals surface area contributed by atoms with E-state index in [1.54, 1.807) is 31.2 Å². The summed E-state index contributed by atoms with van der Waals surface area (Å²) in [5.41, 5.74) is 2.97. The van der Waals surface area contributed by atoms with Gasteiger partial charge in [0.05, 0.1) is 35.1 Å². The third-order valence-electron chi connectivity index (χ3n) is 7.44. The average molecular weight is 569 g/mol. The highest BCUT2D eigenvalue weighted by Crippen LogP contribution is 2.39. The summed E-state index contributed by atoms with van der Waals surface area (Å²) in [6.45, 7) is 1.75. The summed E-state index contributed by atoms with van der Waals surface area (Å²) >= 11 is 0. The lowest BCUT2D eigenvalue weighted by Crippen LogP contribution is -2.37. The van der Waals surface area contributed by atoms with E-state index in [9.17, 15) is 24.3 Å². The molecule has 9 nitrogen and oxygen atoms in total. The summed E-state index contributed by atoms with van der Waals surface area (Å²) in [4.78, 5) is 36.6. The van der Waals surface area contributed by atoms with E-state index in [0.717, 1.165) is 0 Å². The van der Waals surface area contributed by atoms with E-state index in [-0.39, 0.29) is 25.2 Å². The van der Waals surface area contributed by atoms with E-state index in [2.05, 4.69) is 11.2 Å². The van der Waals surface area contributed by atoms with Crippen LogP contribution in [0.15, 0.2) is 76.9 Å². The van der Waals surface area contributed by atoms with Crippen LogP contribution in [0.25, 0.3) is 0 Å². The Balaban J connectivity index is 1.43. The molecule has 10 heteroatoms. The number of oxime groups is 1. The fourth-order valence-electron chi connectivity index (χ4n) is 5.17. The van der Waals surface area contributed by atoms with Gasteiger partial charge >= 0.3 is 5.97 Å². The van der Waals surface area contributed by atoms with Gasteiger partial charge in [0.2, 0.25) is 5.91 Å².